The number of piperidine rings is 1. The van der Waals surface area contributed by atoms with Crippen molar-refractivity contribution in [1.82, 2.24) is 29.2 Å². The van der Waals surface area contributed by atoms with Crippen LogP contribution in [0.25, 0.3) is 0 Å². The molecule has 3 rings (SSSR count). The van der Waals surface area contributed by atoms with Gasteiger partial charge in [-0.3, -0.25) is 14.2 Å². The molecule has 1 saturated heterocycles. The van der Waals surface area contributed by atoms with Gasteiger partial charge in [-0.2, -0.15) is 14.5 Å². The second kappa shape index (κ2) is 7.43. The molecule has 3 heterocycles. The quantitative estimate of drug-likeness (QED) is 0.795. The van der Waals surface area contributed by atoms with Crippen molar-refractivity contribution >= 4 is 15.9 Å². The number of aryl methyl sites for hydroxylation is 2. The number of carbonyl (C=O) groups excluding carboxylic acids is 1. The third-order valence-corrected chi connectivity index (χ3v) is 7.32. The zero-order valence-corrected chi connectivity index (χ0v) is 17.0. The maximum absolute atomic E-state index is 12.9. The molecule has 1 atom stereocenters. The minimum absolute atomic E-state index is 0.124. The summed E-state index contributed by atoms with van der Waals surface area (Å²) in [5.41, 5.74) is 2.54. The molecule has 0 radical (unpaired) electrons. The fourth-order valence-electron chi connectivity index (χ4n) is 3.29. The first-order chi connectivity index (χ1) is 12.7. The number of nitrogens with zero attached hydrogens (tertiary/aromatic N) is 5. The molecule has 148 valence electrons. The first-order valence-electron chi connectivity index (χ1n) is 8.95. The van der Waals surface area contributed by atoms with Crippen molar-refractivity contribution < 1.29 is 13.2 Å². The van der Waals surface area contributed by atoms with Gasteiger partial charge >= 0.3 is 0 Å². The zero-order chi connectivity index (χ0) is 19.8. The molecule has 1 aliphatic rings. The lowest BCUT2D eigenvalue weighted by Crippen LogP contribution is -2.45. The maximum Gasteiger partial charge on any atom is 0.246 e. The Labute approximate surface area is 159 Å². The average Bonchev–Trinajstić information content (AvgIpc) is 3.16. The fourth-order valence-corrected chi connectivity index (χ4v) is 5.00. The van der Waals surface area contributed by atoms with E-state index in [-0.39, 0.29) is 23.3 Å². The molecule has 0 saturated carbocycles. The van der Waals surface area contributed by atoms with Crippen LogP contribution in [0.3, 0.4) is 0 Å². The summed E-state index contributed by atoms with van der Waals surface area (Å²) in [6.07, 6.45) is 4.44. The van der Waals surface area contributed by atoms with Gasteiger partial charge in [0.1, 0.15) is 4.90 Å². The number of aromatic nitrogens is 4. The van der Waals surface area contributed by atoms with Crippen molar-refractivity contribution in [2.24, 2.45) is 20.0 Å². The fraction of sp³-hybridized carbons (Fsp3) is 0.588. The Hall–Kier alpha value is -2.20. The van der Waals surface area contributed by atoms with Crippen molar-refractivity contribution in [3.05, 3.63) is 29.3 Å². The summed E-state index contributed by atoms with van der Waals surface area (Å²) in [4.78, 5) is 12.8. The van der Waals surface area contributed by atoms with E-state index in [4.69, 9.17) is 0 Å². The van der Waals surface area contributed by atoms with Crippen LogP contribution in [0.15, 0.2) is 17.3 Å². The molecule has 2 aromatic heterocycles. The molecule has 10 heteroatoms. The van der Waals surface area contributed by atoms with E-state index >= 15 is 0 Å². The summed E-state index contributed by atoms with van der Waals surface area (Å²) < 4.78 is 30.6. The molecular formula is C17H26N6O3S. The molecule has 27 heavy (non-hydrogen) atoms. The molecule has 1 amide bonds. The monoisotopic (exact) mass is 394 g/mol. The zero-order valence-electron chi connectivity index (χ0n) is 16.1. The number of carbonyl (C=O) groups is 1. The Kier molecular flexibility index (Phi) is 5.38. The molecule has 0 aliphatic carbocycles. The minimum atomic E-state index is -3.65. The van der Waals surface area contributed by atoms with Gasteiger partial charge in [0, 0.05) is 45.0 Å². The van der Waals surface area contributed by atoms with Crippen LogP contribution in [-0.2, 0) is 35.5 Å². The van der Waals surface area contributed by atoms with Crippen LogP contribution < -0.4 is 5.32 Å². The van der Waals surface area contributed by atoms with Gasteiger partial charge in [0.25, 0.3) is 0 Å². The van der Waals surface area contributed by atoms with Crippen LogP contribution in [0, 0.1) is 19.8 Å². The van der Waals surface area contributed by atoms with E-state index in [9.17, 15) is 13.2 Å². The molecule has 9 nitrogen and oxygen atoms in total. The summed E-state index contributed by atoms with van der Waals surface area (Å²) in [6.45, 7) is 4.67. The minimum Gasteiger partial charge on any atom is -0.352 e. The van der Waals surface area contributed by atoms with Gasteiger partial charge in [-0.25, -0.2) is 8.42 Å². The van der Waals surface area contributed by atoms with Crippen molar-refractivity contribution in [1.29, 1.82) is 0 Å². The molecule has 0 spiro atoms. The SMILES string of the molecule is Cc1c(CNC(=O)[C@H]2CCCN(S(=O)(=O)c3cnn(C)c3C)C2)cnn1C. The first kappa shape index (κ1) is 19.6. The smallest absolute Gasteiger partial charge is 0.246 e. The molecule has 0 bridgehead atoms. The van der Waals surface area contributed by atoms with Crippen molar-refractivity contribution in [2.75, 3.05) is 13.1 Å². The third kappa shape index (κ3) is 3.77. The van der Waals surface area contributed by atoms with Gasteiger partial charge in [-0.15, -0.1) is 0 Å². The van der Waals surface area contributed by atoms with Crippen LogP contribution in [0.5, 0.6) is 0 Å². The van der Waals surface area contributed by atoms with E-state index < -0.39 is 10.0 Å². The molecule has 0 unspecified atom stereocenters. The van der Waals surface area contributed by atoms with E-state index in [1.807, 2.05) is 14.0 Å². The standard InChI is InChI=1S/C17H26N6O3S/c1-12-15(9-19-21(12)3)8-18-17(24)14-6-5-7-23(11-14)27(25,26)16-10-20-22(4)13(16)2/h9-10,14H,5-8,11H2,1-4H3,(H,18,24)/t14-/m0/s1. The third-order valence-electron chi connectivity index (χ3n) is 5.35. The molecule has 1 N–H and O–H groups in total. The van der Waals surface area contributed by atoms with E-state index in [2.05, 4.69) is 15.5 Å². The summed E-state index contributed by atoms with van der Waals surface area (Å²) in [5.74, 6) is -0.483. The first-order valence-corrected chi connectivity index (χ1v) is 10.4. The highest BCUT2D eigenvalue weighted by molar-refractivity contribution is 7.89. The Morgan fingerprint density at radius 3 is 2.44 bits per heavy atom. The largest absolute Gasteiger partial charge is 0.352 e. The summed E-state index contributed by atoms with van der Waals surface area (Å²) in [5, 5.41) is 11.1. The van der Waals surface area contributed by atoms with Gasteiger partial charge in [0.2, 0.25) is 15.9 Å². The predicted molar refractivity (Wildman–Crippen MR) is 99.2 cm³/mol. The van der Waals surface area contributed by atoms with Crippen LogP contribution >= 0.6 is 0 Å². The lowest BCUT2D eigenvalue weighted by atomic mass is 9.99. The molecule has 1 aliphatic heterocycles. The summed E-state index contributed by atoms with van der Waals surface area (Å²) in [6, 6.07) is 0. The second-order valence-corrected chi connectivity index (χ2v) is 8.92. The number of amides is 1. The normalized spacial score (nSPS) is 18.6. The van der Waals surface area contributed by atoms with Crippen molar-refractivity contribution in [2.45, 2.75) is 38.1 Å². The van der Waals surface area contributed by atoms with Crippen LogP contribution in [0.4, 0.5) is 0 Å². The van der Waals surface area contributed by atoms with Gasteiger partial charge in [0.15, 0.2) is 0 Å². The maximum atomic E-state index is 12.9. The number of hydrogen-bond donors (Lipinski definition) is 1. The Morgan fingerprint density at radius 1 is 1.19 bits per heavy atom. The van der Waals surface area contributed by atoms with E-state index in [1.165, 1.54) is 15.2 Å². The topological polar surface area (TPSA) is 102 Å². The van der Waals surface area contributed by atoms with Gasteiger partial charge in [-0.1, -0.05) is 0 Å². The van der Waals surface area contributed by atoms with Gasteiger partial charge in [0.05, 0.1) is 24.0 Å². The highest BCUT2D eigenvalue weighted by atomic mass is 32.2. The molecule has 1 fully saturated rings. The van der Waals surface area contributed by atoms with E-state index in [0.717, 1.165) is 11.3 Å². The van der Waals surface area contributed by atoms with Gasteiger partial charge < -0.3 is 5.32 Å². The summed E-state index contributed by atoms with van der Waals surface area (Å²) >= 11 is 0. The lowest BCUT2D eigenvalue weighted by Gasteiger charge is -2.31. The Balaban J connectivity index is 1.67. The van der Waals surface area contributed by atoms with Crippen LogP contribution in [-0.4, -0.2) is 51.3 Å². The lowest BCUT2D eigenvalue weighted by molar-refractivity contribution is -0.126. The predicted octanol–water partition coefficient (Wildman–Crippen LogP) is 0.488. The molecular weight excluding hydrogens is 368 g/mol. The molecule has 2 aromatic rings. The average molecular weight is 395 g/mol. The second-order valence-electron chi connectivity index (χ2n) is 7.02. The Bertz CT molecular complexity index is 946. The van der Waals surface area contributed by atoms with Gasteiger partial charge in [-0.05, 0) is 26.7 Å². The van der Waals surface area contributed by atoms with E-state index in [0.29, 0.717) is 31.6 Å². The summed E-state index contributed by atoms with van der Waals surface area (Å²) in [7, 11) is -0.0904. The van der Waals surface area contributed by atoms with Crippen molar-refractivity contribution in [3.63, 3.8) is 0 Å². The van der Waals surface area contributed by atoms with Crippen molar-refractivity contribution in [3.8, 4) is 0 Å². The van der Waals surface area contributed by atoms with Crippen LogP contribution in [0.2, 0.25) is 0 Å². The number of rotatable bonds is 5. The molecule has 0 aromatic carbocycles. The Morgan fingerprint density at radius 2 is 1.85 bits per heavy atom. The van der Waals surface area contributed by atoms with E-state index in [1.54, 1.807) is 24.9 Å². The number of sulfonamides is 1. The highest BCUT2D eigenvalue weighted by Gasteiger charge is 2.34. The number of hydrogen-bond acceptors (Lipinski definition) is 5. The van der Waals surface area contributed by atoms with Crippen LogP contribution in [0.1, 0.15) is 29.8 Å². The highest BCUT2D eigenvalue weighted by Crippen LogP contribution is 2.25. The number of nitrogens with one attached hydrogen (secondary N) is 1.